The van der Waals surface area contributed by atoms with Gasteiger partial charge in [-0.15, -0.1) is 11.3 Å². The average Bonchev–Trinajstić information content (AvgIpc) is 3.20. The molecule has 1 unspecified atom stereocenters. The van der Waals surface area contributed by atoms with Crippen molar-refractivity contribution in [3.63, 3.8) is 0 Å². The van der Waals surface area contributed by atoms with Crippen molar-refractivity contribution in [2.75, 3.05) is 27.3 Å². The van der Waals surface area contributed by atoms with Crippen LogP contribution < -0.4 is 15.2 Å². The predicted octanol–water partition coefficient (Wildman–Crippen LogP) is 4.66. The molecule has 1 aliphatic heterocycles. The van der Waals surface area contributed by atoms with Gasteiger partial charge in [-0.1, -0.05) is 18.2 Å². The number of carbonyl (C=O) groups excluding carboxylic acids is 1. The molecule has 0 bridgehead atoms. The summed E-state index contributed by atoms with van der Waals surface area (Å²) in [5, 5.41) is 3.57. The highest BCUT2D eigenvalue weighted by Gasteiger charge is 2.28. The van der Waals surface area contributed by atoms with Crippen LogP contribution in [0.1, 0.15) is 41.3 Å². The molecule has 5 nitrogen and oxygen atoms in total. The smallest absolute Gasteiger partial charge is 0.254 e. The second-order valence-corrected chi connectivity index (χ2v) is 9.48. The molecule has 2 aromatic carbocycles. The Labute approximate surface area is 187 Å². The molecule has 0 saturated heterocycles. The molecule has 1 aromatic heterocycles. The maximum Gasteiger partial charge on any atom is 0.254 e. The zero-order valence-corrected chi connectivity index (χ0v) is 19.3. The van der Waals surface area contributed by atoms with Gasteiger partial charge in [-0.05, 0) is 72.7 Å². The van der Waals surface area contributed by atoms with Crippen LogP contribution in [0.15, 0.2) is 41.8 Å². The Morgan fingerprint density at radius 3 is 2.65 bits per heavy atom. The average molecular weight is 439 g/mol. The Morgan fingerprint density at radius 1 is 1.13 bits per heavy atom. The van der Waals surface area contributed by atoms with E-state index in [0.29, 0.717) is 30.2 Å². The van der Waals surface area contributed by atoms with Gasteiger partial charge in [0.15, 0.2) is 11.5 Å². The highest BCUT2D eigenvalue weighted by Crippen LogP contribution is 2.33. The lowest BCUT2D eigenvalue weighted by Crippen LogP contribution is -2.44. The van der Waals surface area contributed by atoms with Gasteiger partial charge < -0.3 is 20.1 Å². The summed E-state index contributed by atoms with van der Waals surface area (Å²) in [6, 6.07) is 12.2. The first-order chi connectivity index (χ1) is 14.9. The first-order valence-corrected chi connectivity index (χ1v) is 11.6. The third-order valence-electron chi connectivity index (χ3n) is 6.26. The number of nitrogens with two attached hydrogens (primary N) is 1. The number of methoxy groups -OCH3 is 2. The largest absolute Gasteiger partial charge is 0.493 e. The first-order valence-electron chi connectivity index (χ1n) is 10.7. The Bertz CT molecular complexity index is 1090. The molecule has 4 rings (SSSR count). The molecule has 0 aliphatic carbocycles. The van der Waals surface area contributed by atoms with E-state index in [4.69, 9.17) is 15.2 Å². The van der Waals surface area contributed by atoms with Crippen LogP contribution in [0.3, 0.4) is 0 Å². The monoisotopic (exact) mass is 438 g/mol. The van der Waals surface area contributed by atoms with Crippen LogP contribution in [0.25, 0.3) is 10.1 Å². The van der Waals surface area contributed by atoms with Gasteiger partial charge in [0.25, 0.3) is 5.91 Å². The van der Waals surface area contributed by atoms with Crippen LogP contribution in [-0.4, -0.2) is 43.7 Å². The molecule has 2 N–H and O–H groups in total. The van der Waals surface area contributed by atoms with Gasteiger partial charge in [-0.25, -0.2) is 0 Å². The van der Waals surface area contributed by atoms with Crippen molar-refractivity contribution in [3.8, 4) is 11.5 Å². The van der Waals surface area contributed by atoms with Gasteiger partial charge in [0, 0.05) is 28.9 Å². The van der Waals surface area contributed by atoms with Crippen molar-refractivity contribution >= 4 is 27.3 Å². The maximum atomic E-state index is 13.1. The number of hydrogen-bond acceptors (Lipinski definition) is 5. The third-order valence-corrected chi connectivity index (χ3v) is 7.27. The molecule has 1 aliphatic rings. The van der Waals surface area contributed by atoms with E-state index in [0.717, 1.165) is 31.2 Å². The van der Waals surface area contributed by atoms with Crippen molar-refractivity contribution in [1.29, 1.82) is 0 Å². The molecule has 0 fully saturated rings. The van der Waals surface area contributed by atoms with E-state index in [1.165, 1.54) is 15.6 Å². The second-order valence-electron chi connectivity index (χ2n) is 8.57. The maximum absolute atomic E-state index is 13.1. The number of hydrogen-bond donors (Lipinski definition) is 1. The first kappa shape index (κ1) is 21.7. The Hall–Kier alpha value is -2.57. The fraction of sp³-hybridized carbons (Fsp3) is 0.400. The third kappa shape index (κ3) is 4.55. The summed E-state index contributed by atoms with van der Waals surface area (Å²) in [5.74, 6) is 1.29. The standard InChI is InChI=1S/C25H30N2O3S/c1-25(26,10-8-18-16-31-23-7-5-4-6-19(18)23)11-13-27-12-9-17-14-21(29-2)22(30-3)15-20(17)24(27)28/h4-7,14-16H,8-13,26H2,1-3H3. The van der Waals surface area contributed by atoms with Crippen molar-refractivity contribution in [3.05, 3.63) is 58.5 Å². The fourth-order valence-electron chi connectivity index (χ4n) is 4.23. The molecular formula is C25H30N2O3S. The highest BCUT2D eigenvalue weighted by atomic mass is 32.1. The molecule has 2 heterocycles. The minimum atomic E-state index is -0.332. The number of thiophene rings is 1. The molecule has 1 amide bonds. The molecule has 164 valence electrons. The normalized spacial score (nSPS) is 15.6. The van der Waals surface area contributed by atoms with Gasteiger partial charge in [0.2, 0.25) is 0 Å². The van der Waals surface area contributed by atoms with E-state index in [2.05, 4.69) is 36.6 Å². The lowest BCUT2D eigenvalue weighted by atomic mass is 9.90. The van der Waals surface area contributed by atoms with Crippen LogP contribution in [0.5, 0.6) is 11.5 Å². The SMILES string of the molecule is COc1cc2c(cc1OC)C(=O)N(CCC(C)(N)CCc1csc3ccccc13)CC2. The number of fused-ring (bicyclic) bond motifs is 2. The predicted molar refractivity (Wildman–Crippen MR) is 127 cm³/mol. The number of carbonyl (C=O) groups is 1. The molecule has 31 heavy (non-hydrogen) atoms. The van der Waals surface area contributed by atoms with Gasteiger partial charge >= 0.3 is 0 Å². The van der Waals surface area contributed by atoms with E-state index in [-0.39, 0.29) is 11.4 Å². The van der Waals surface area contributed by atoms with Crippen LogP contribution in [0, 0.1) is 0 Å². The quantitative estimate of drug-likeness (QED) is 0.556. The van der Waals surface area contributed by atoms with Crippen LogP contribution in [0.4, 0.5) is 0 Å². The van der Waals surface area contributed by atoms with E-state index in [1.54, 1.807) is 31.6 Å². The Balaban J connectivity index is 1.39. The summed E-state index contributed by atoms with van der Waals surface area (Å²) in [6.07, 6.45) is 3.41. The van der Waals surface area contributed by atoms with Crippen molar-refractivity contribution in [2.45, 2.75) is 38.1 Å². The summed E-state index contributed by atoms with van der Waals surface area (Å²) in [4.78, 5) is 15.0. The summed E-state index contributed by atoms with van der Waals surface area (Å²) in [6.45, 7) is 3.45. The number of ether oxygens (including phenoxy) is 2. The topological polar surface area (TPSA) is 64.8 Å². The minimum absolute atomic E-state index is 0.0434. The number of rotatable bonds is 8. The van der Waals surface area contributed by atoms with Crippen LogP contribution in [0.2, 0.25) is 0 Å². The van der Waals surface area contributed by atoms with E-state index in [9.17, 15) is 4.79 Å². The zero-order valence-electron chi connectivity index (χ0n) is 18.4. The van der Waals surface area contributed by atoms with E-state index >= 15 is 0 Å². The van der Waals surface area contributed by atoms with Crippen LogP contribution in [-0.2, 0) is 12.8 Å². The molecule has 0 radical (unpaired) electrons. The molecule has 0 saturated carbocycles. The number of aryl methyl sites for hydroxylation is 1. The summed E-state index contributed by atoms with van der Waals surface area (Å²) >= 11 is 1.79. The van der Waals surface area contributed by atoms with E-state index < -0.39 is 0 Å². The number of nitrogens with zero attached hydrogens (tertiary/aromatic N) is 1. The number of amides is 1. The molecule has 1 atom stereocenters. The van der Waals surface area contributed by atoms with Crippen molar-refractivity contribution in [1.82, 2.24) is 4.90 Å². The summed E-state index contributed by atoms with van der Waals surface area (Å²) < 4.78 is 12.1. The van der Waals surface area contributed by atoms with E-state index in [1.807, 2.05) is 11.0 Å². The Kier molecular flexibility index (Phi) is 6.21. The molecule has 6 heteroatoms. The highest BCUT2D eigenvalue weighted by molar-refractivity contribution is 7.17. The number of benzene rings is 2. The fourth-order valence-corrected chi connectivity index (χ4v) is 5.23. The van der Waals surface area contributed by atoms with Crippen molar-refractivity contribution < 1.29 is 14.3 Å². The molecular weight excluding hydrogens is 408 g/mol. The Morgan fingerprint density at radius 2 is 1.87 bits per heavy atom. The zero-order chi connectivity index (χ0) is 22.0. The van der Waals surface area contributed by atoms with Gasteiger partial charge in [-0.3, -0.25) is 4.79 Å². The minimum Gasteiger partial charge on any atom is -0.493 e. The van der Waals surface area contributed by atoms with Gasteiger partial charge in [-0.2, -0.15) is 0 Å². The summed E-state index contributed by atoms with van der Waals surface area (Å²) in [7, 11) is 3.20. The summed E-state index contributed by atoms with van der Waals surface area (Å²) in [5.41, 5.74) is 9.39. The lowest BCUT2D eigenvalue weighted by molar-refractivity contribution is 0.0726. The lowest BCUT2D eigenvalue weighted by Gasteiger charge is -2.33. The molecule has 3 aromatic rings. The van der Waals surface area contributed by atoms with Crippen LogP contribution >= 0.6 is 11.3 Å². The van der Waals surface area contributed by atoms with Gasteiger partial charge in [0.1, 0.15) is 0 Å². The molecule has 0 spiro atoms. The van der Waals surface area contributed by atoms with Gasteiger partial charge in [0.05, 0.1) is 14.2 Å². The second kappa shape index (κ2) is 8.89. The van der Waals surface area contributed by atoms with Crippen molar-refractivity contribution in [2.24, 2.45) is 5.73 Å².